The van der Waals surface area contributed by atoms with Gasteiger partial charge in [0.2, 0.25) is 0 Å². The van der Waals surface area contributed by atoms with Crippen LogP contribution in [0.15, 0.2) is 0 Å². The molecule has 0 atom stereocenters. The third kappa shape index (κ3) is 176. The molecule has 0 unspecified atom stereocenters. The fourth-order valence-corrected chi connectivity index (χ4v) is 0. The molecule has 0 aliphatic rings. The van der Waals surface area contributed by atoms with Crippen LogP contribution in [0.25, 0.3) is 0 Å². The Morgan fingerprint density at radius 1 is 1.30 bits per heavy atom. The first-order valence-corrected chi connectivity index (χ1v) is 3.56. The molecule has 0 aliphatic heterocycles. The van der Waals surface area contributed by atoms with Crippen LogP contribution in [0, 0.1) is 0 Å². The van der Waals surface area contributed by atoms with E-state index in [0.29, 0.717) is 13.1 Å². The Morgan fingerprint density at radius 2 is 1.40 bits per heavy atom. The van der Waals surface area contributed by atoms with Gasteiger partial charge >= 0.3 is 21.1 Å². The molecule has 0 aromatic carbocycles. The van der Waals surface area contributed by atoms with Gasteiger partial charge in [-0.15, -0.1) is 0 Å². The molecule has 8 heteroatoms. The Labute approximate surface area is 73.1 Å². The fourth-order valence-electron chi connectivity index (χ4n) is 0. The number of nitrogens with two attached hydrogens (primary N) is 2. The minimum Gasteiger partial charge on any atom is -0.790 e. The second-order valence-electron chi connectivity index (χ2n) is 1.05. The average Bonchev–Trinajstić information content (AvgIpc) is 1.61. The largest absolute Gasteiger partial charge is 2.00 e. The third-order valence-electron chi connectivity index (χ3n) is 0.167. The van der Waals surface area contributed by atoms with Gasteiger partial charge in [0.15, 0.2) is 0 Å². The van der Waals surface area contributed by atoms with Crippen molar-refractivity contribution in [2.45, 2.75) is 0 Å². The molecule has 66 valence electrons. The predicted octanol–water partition coefficient (Wildman–Crippen LogP) is -3.29. The van der Waals surface area contributed by atoms with Crippen molar-refractivity contribution in [3.63, 3.8) is 0 Å². The van der Waals surface area contributed by atoms with Gasteiger partial charge in [0.05, 0.1) is 7.82 Å². The summed E-state index contributed by atoms with van der Waals surface area (Å²) in [4.78, 5) is 24.3. The van der Waals surface area contributed by atoms with Crippen molar-refractivity contribution in [3.8, 4) is 0 Å². The molecular weight excluding hydrogens is 342 g/mol. The van der Waals surface area contributed by atoms with E-state index in [0.717, 1.165) is 0 Å². The summed E-state index contributed by atoms with van der Waals surface area (Å²) < 4.78 is 8.66. The van der Waals surface area contributed by atoms with Crippen LogP contribution in [-0.4, -0.2) is 18.0 Å². The van der Waals surface area contributed by atoms with Gasteiger partial charge in [-0.25, -0.2) is 0 Å². The van der Waals surface area contributed by atoms with E-state index < -0.39 is 7.82 Å². The molecule has 0 aromatic heterocycles. The summed E-state index contributed by atoms with van der Waals surface area (Å²) in [5, 5.41) is 0. The van der Waals surface area contributed by atoms with E-state index in [-0.39, 0.29) is 21.1 Å². The summed E-state index contributed by atoms with van der Waals surface area (Å²) in [6, 6.07) is 0. The van der Waals surface area contributed by atoms with Gasteiger partial charge in [-0.2, -0.15) is 0 Å². The molecule has 0 radical (unpaired) electrons. The van der Waals surface area contributed by atoms with Gasteiger partial charge in [0, 0.05) is 13.1 Å². The van der Waals surface area contributed by atoms with E-state index in [1.807, 2.05) is 0 Å². The van der Waals surface area contributed by atoms with Crippen molar-refractivity contribution in [1.82, 2.24) is 0 Å². The Balaban J connectivity index is -0.0000000910. The maximum Gasteiger partial charge on any atom is 2.00 e. The number of rotatable bonds is 1. The summed E-state index contributed by atoms with van der Waals surface area (Å²) in [5.41, 5.74) is 9.81. The van der Waals surface area contributed by atoms with Gasteiger partial charge in [-0.3, -0.25) is 0 Å². The molecule has 0 saturated carbocycles. The SMILES string of the molecule is NCCN.O=P([O-])([O-])O.[Pt+2]. The van der Waals surface area contributed by atoms with Gasteiger partial charge in [-0.1, -0.05) is 0 Å². The van der Waals surface area contributed by atoms with Crippen LogP contribution in [0.5, 0.6) is 0 Å². The van der Waals surface area contributed by atoms with E-state index in [2.05, 4.69) is 0 Å². The minimum absolute atomic E-state index is 0. The molecule has 0 rings (SSSR count). The van der Waals surface area contributed by atoms with Gasteiger partial charge in [-0.05, 0) is 0 Å². The number of phosphoric acid groups is 1. The van der Waals surface area contributed by atoms with Gasteiger partial charge in [0.1, 0.15) is 0 Å². The minimum atomic E-state index is -5.14. The zero-order valence-corrected chi connectivity index (χ0v) is 8.17. The van der Waals surface area contributed by atoms with E-state index in [9.17, 15) is 0 Å². The second kappa shape index (κ2) is 9.72. The Kier molecular flexibility index (Phi) is 16.5. The van der Waals surface area contributed by atoms with Crippen LogP contribution in [0.3, 0.4) is 0 Å². The molecule has 0 aromatic rings. The second-order valence-corrected chi connectivity index (χ2v) is 1.98. The Hall–Kier alpha value is 0.718. The third-order valence-corrected chi connectivity index (χ3v) is 0.167. The summed E-state index contributed by atoms with van der Waals surface area (Å²) in [6.07, 6.45) is 0. The van der Waals surface area contributed by atoms with Crippen LogP contribution in [0.4, 0.5) is 0 Å². The van der Waals surface area contributed by atoms with Crippen LogP contribution < -0.4 is 21.3 Å². The van der Waals surface area contributed by atoms with E-state index >= 15 is 0 Å². The maximum absolute atomic E-state index is 8.66. The smallest absolute Gasteiger partial charge is 0.790 e. The van der Waals surface area contributed by atoms with Gasteiger partial charge in [0.25, 0.3) is 0 Å². The molecule has 0 fully saturated rings. The average molecular weight is 351 g/mol. The molecular formula is C2H9N2O4PPt. The Bertz CT molecular complexity index is 85.0. The van der Waals surface area contributed by atoms with Crippen molar-refractivity contribution in [2.75, 3.05) is 13.1 Å². The van der Waals surface area contributed by atoms with Crippen LogP contribution >= 0.6 is 7.82 Å². The van der Waals surface area contributed by atoms with Crippen molar-refractivity contribution in [3.05, 3.63) is 0 Å². The molecule has 0 bridgehead atoms. The van der Waals surface area contributed by atoms with Crippen molar-refractivity contribution >= 4 is 7.82 Å². The number of hydrogen-bond acceptors (Lipinski definition) is 5. The molecule has 0 saturated heterocycles. The molecule has 0 aliphatic carbocycles. The van der Waals surface area contributed by atoms with Crippen LogP contribution in [0.1, 0.15) is 0 Å². The van der Waals surface area contributed by atoms with Crippen molar-refractivity contribution in [2.24, 2.45) is 11.5 Å². The summed E-state index contributed by atoms with van der Waals surface area (Å²) in [7, 11) is -5.14. The molecule has 6 nitrogen and oxygen atoms in total. The quantitative estimate of drug-likeness (QED) is 0.424. The van der Waals surface area contributed by atoms with Crippen LogP contribution in [0.2, 0.25) is 0 Å². The van der Waals surface area contributed by atoms with Crippen molar-refractivity contribution < 1.29 is 40.3 Å². The molecule has 0 spiro atoms. The first-order valence-electron chi connectivity index (χ1n) is 2.06. The van der Waals surface area contributed by atoms with Crippen LogP contribution in [-0.2, 0) is 25.6 Å². The molecule has 5 N–H and O–H groups in total. The fraction of sp³-hybridized carbons (Fsp3) is 1.00. The predicted molar refractivity (Wildman–Crippen MR) is 27.9 cm³/mol. The van der Waals surface area contributed by atoms with E-state index in [1.165, 1.54) is 0 Å². The number of hydrogen-bond donors (Lipinski definition) is 3. The zero-order chi connectivity index (χ0) is 7.91. The topological polar surface area (TPSA) is 135 Å². The van der Waals surface area contributed by atoms with Gasteiger partial charge < -0.3 is 30.7 Å². The summed E-state index contributed by atoms with van der Waals surface area (Å²) in [5.74, 6) is 0. The maximum atomic E-state index is 8.66. The van der Waals surface area contributed by atoms with E-state index in [4.69, 9.17) is 30.7 Å². The zero-order valence-electron chi connectivity index (χ0n) is 5.00. The van der Waals surface area contributed by atoms with Crippen molar-refractivity contribution in [1.29, 1.82) is 0 Å². The molecule has 0 heterocycles. The monoisotopic (exact) mass is 351 g/mol. The molecule has 10 heavy (non-hydrogen) atoms. The standard InChI is InChI=1S/C2H8N2.H3O4P.Pt/c3-1-2-4;1-5(2,3)4;/h1-4H2;(H3,1,2,3,4);/q;;+2/p-2. The first-order chi connectivity index (χ1) is 3.91. The first kappa shape index (κ1) is 17.0. The summed E-state index contributed by atoms with van der Waals surface area (Å²) in [6.45, 7) is 1.19. The molecule has 0 amide bonds. The summed E-state index contributed by atoms with van der Waals surface area (Å²) >= 11 is 0. The Morgan fingerprint density at radius 3 is 1.40 bits per heavy atom. The normalized spacial score (nSPS) is 8.90. The van der Waals surface area contributed by atoms with E-state index in [1.54, 1.807) is 0 Å².